The highest BCUT2D eigenvalue weighted by atomic mass is 16.4. The normalized spacial score (nSPS) is 20.5. The Balaban J connectivity index is 1.61. The maximum atomic E-state index is 12.9. The van der Waals surface area contributed by atoms with Crippen LogP contribution in [0.25, 0.3) is 11.1 Å². The minimum Gasteiger partial charge on any atom is -0.478 e. The van der Waals surface area contributed by atoms with Gasteiger partial charge in [0.1, 0.15) is 0 Å². The van der Waals surface area contributed by atoms with E-state index in [4.69, 9.17) is 0 Å². The maximum absolute atomic E-state index is 12.9. The van der Waals surface area contributed by atoms with Crippen molar-refractivity contribution in [1.82, 2.24) is 5.32 Å². The van der Waals surface area contributed by atoms with Gasteiger partial charge in [-0.05, 0) is 47.9 Å². The summed E-state index contributed by atoms with van der Waals surface area (Å²) in [4.78, 5) is 24.5. The van der Waals surface area contributed by atoms with E-state index in [0.29, 0.717) is 22.1 Å². The third kappa shape index (κ3) is 3.00. The molecule has 4 rings (SSSR count). The number of hydrogen-bond acceptors (Lipinski definition) is 2. The molecule has 134 valence electrons. The molecule has 0 aromatic heterocycles. The smallest absolute Gasteiger partial charge is 0.336 e. The van der Waals surface area contributed by atoms with Gasteiger partial charge in [-0.2, -0.15) is 0 Å². The van der Waals surface area contributed by atoms with Gasteiger partial charge in [-0.25, -0.2) is 4.79 Å². The molecule has 1 spiro atoms. The third-order valence-electron chi connectivity index (χ3n) is 5.96. The second-order valence-electron chi connectivity index (χ2n) is 7.55. The summed E-state index contributed by atoms with van der Waals surface area (Å²) in [7, 11) is 0. The molecule has 1 unspecified atom stereocenters. The van der Waals surface area contributed by atoms with Crippen LogP contribution < -0.4 is 5.32 Å². The number of nitrogens with one attached hydrogen (secondary N) is 1. The van der Waals surface area contributed by atoms with Gasteiger partial charge in [-0.15, -0.1) is 0 Å². The molecule has 0 aliphatic heterocycles. The summed E-state index contributed by atoms with van der Waals surface area (Å²) in [6.45, 7) is 0. The van der Waals surface area contributed by atoms with E-state index in [2.05, 4.69) is 5.32 Å². The van der Waals surface area contributed by atoms with E-state index in [1.165, 1.54) is 32.1 Å². The molecule has 2 aliphatic rings. The second-order valence-corrected chi connectivity index (χ2v) is 7.55. The Morgan fingerprint density at radius 3 is 2.12 bits per heavy atom. The van der Waals surface area contributed by atoms with Gasteiger partial charge in [0.25, 0.3) is 5.91 Å². The van der Waals surface area contributed by atoms with Crippen molar-refractivity contribution in [3.63, 3.8) is 0 Å². The molecule has 2 aliphatic carbocycles. The topological polar surface area (TPSA) is 66.4 Å². The number of benzene rings is 2. The summed E-state index contributed by atoms with van der Waals surface area (Å²) in [6, 6.07) is 14.4. The fourth-order valence-electron chi connectivity index (χ4n) is 4.42. The maximum Gasteiger partial charge on any atom is 0.336 e. The molecular weight excluding hydrogens is 326 g/mol. The lowest BCUT2D eigenvalue weighted by molar-refractivity contribution is 0.0697. The van der Waals surface area contributed by atoms with Gasteiger partial charge in [0.2, 0.25) is 0 Å². The molecule has 2 N–H and O–H groups in total. The Morgan fingerprint density at radius 1 is 0.885 bits per heavy atom. The fourth-order valence-corrected chi connectivity index (χ4v) is 4.42. The number of hydrogen-bond donors (Lipinski definition) is 2. The molecule has 1 amide bonds. The van der Waals surface area contributed by atoms with Crippen molar-refractivity contribution >= 4 is 11.9 Å². The Kier molecular flexibility index (Phi) is 4.27. The van der Waals surface area contributed by atoms with Crippen LogP contribution in [-0.4, -0.2) is 23.0 Å². The lowest BCUT2D eigenvalue weighted by atomic mass is 9.85. The van der Waals surface area contributed by atoms with Crippen LogP contribution in [0, 0.1) is 5.41 Å². The predicted molar refractivity (Wildman–Crippen MR) is 100 cm³/mol. The van der Waals surface area contributed by atoms with Crippen molar-refractivity contribution in [1.29, 1.82) is 0 Å². The van der Waals surface area contributed by atoms with Crippen LogP contribution in [0.3, 0.4) is 0 Å². The van der Waals surface area contributed by atoms with Gasteiger partial charge in [0.15, 0.2) is 0 Å². The van der Waals surface area contributed by atoms with Crippen LogP contribution in [0.1, 0.15) is 59.2 Å². The van der Waals surface area contributed by atoms with Gasteiger partial charge in [0, 0.05) is 11.6 Å². The summed E-state index contributed by atoms with van der Waals surface area (Å²) in [6.07, 6.45) is 7.32. The van der Waals surface area contributed by atoms with E-state index in [0.717, 1.165) is 6.42 Å². The zero-order chi connectivity index (χ0) is 18.1. The average Bonchev–Trinajstić information content (AvgIpc) is 3.32. The number of amides is 1. The molecule has 4 heteroatoms. The van der Waals surface area contributed by atoms with Crippen LogP contribution in [0.15, 0.2) is 48.5 Å². The van der Waals surface area contributed by atoms with Crippen molar-refractivity contribution in [2.24, 2.45) is 5.41 Å². The van der Waals surface area contributed by atoms with Crippen molar-refractivity contribution in [3.8, 4) is 11.1 Å². The van der Waals surface area contributed by atoms with Crippen LogP contribution >= 0.6 is 0 Å². The highest BCUT2D eigenvalue weighted by molar-refractivity contribution is 6.04. The average molecular weight is 349 g/mol. The Bertz CT molecular complexity index is 852. The lowest BCUT2D eigenvalue weighted by Gasteiger charge is -2.22. The number of carbonyl (C=O) groups is 2. The van der Waals surface area contributed by atoms with Crippen molar-refractivity contribution in [3.05, 3.63) is 59.7 Å². The zero-order valence-corrected chi connectivity index (χ0v) is 14.7. The summed E-state index contributed by atoms with van der Waals surface area (Å²) in [5, 5.41) is 12.7. The largest absolute Gasteiger partial charge is 0.478 e. The first-order chi connectivity index (χ1) is 12.6. The summed E-state index contributed by atoms with van der Waals surface area (Å²) < 4.78 is 0. The molecule has 0 saturated heterocycles. The monoisotopic (exact) mass is 349 g/mol. The number of rotatable bonds is 4. The first-order valence-corrected chi connectivity index (χ1v) is 9.33. The highest BCUT2D eigenvalue weighted by Crippen LogP contribution is 2.56. The molecule has 0 heterocycles. The zero-order valence-electron chi connectivity index (χ0n) is 14.7. The van der Waals surface area contributed by atoms with Gasteiger partial charge in [-0.1, -0.05) is 55.7 Å². The van der Waals surface area contributed by atoms with Gasteiger partial charge < -0.3 is 10.4 Å². The van der Waals surface area contributed by atoms with Crippen LogP contribution in [0.2, 0.25) is 0 Å². The lowest BCUT2D eigenvalue weighted by Crippen LogP contribution is -2.31. The first kappa shape index (κ1) is 16.8. The van der Waals surface area contributed by atoms with E-state index in [-0.39, 0.29) is 17.5 Å². The molecule has 1 atom stereocenters. The minimum atomic E-state index is -0.987. The molecule has 2 fully saturated rings. The van der Waals surface area contributed by atoms with E-state index < -0.39 is 5.97 Å². The second kappa shape index (κ2) is 6.60. The first-order valence-electron chi connectivity index (χ1n) is 9.33. The molecule has 4 nitrogen and oxygen atoms in total. The molecular formula is C22H23NO3. The van der Waals surface area contributed by atoms with Gasteiger partial charge in [0.05, 0.1) is 5.56 Å². The van der Waals surface area contributed by atoms with E-state index in [1.54, 1.807) is 30.3 Å². The van der Waals surface area contributed by atoms with E-state index in [1.807, 2.05) is 18.2 Å². The Labute approximate surface area is 153 Å². The van der Waals surface area contributed by atoms with Crippen LogP contribution in [0.4, 0.5) is 0 Å². The molecule has 2 aromatic carbocycles. The standard InChI is InChI=1S/C22H23NO3/c24-20(23-19-14-22(19)12-6-1-7-13-22)17-10-4-2-8-15(17)16-9-3-5-11-18(16)21(25)26/h2-5,8-11,19H,1,6-7,12-14H2,(H,23,24)(H,25,26). The van der Waals surface area contributed by atoms with E-state index in [9.17, 15) is 14.7 Å². The molecule has 2 saturated carbocycles. The molecule has 0 bridgehead atoms. The van der Waals surface area contributed by atoms with Gasteiger partial charge >= 0.3 is 5.97 Å². The summed E-state index contributed by atoms with van der Waals surface area (Å²) in [5.41, 5.74) is 2.32. The Morgan fingerprint density at radius 2 is 1.46 bits per heavy atom. The van der Waals surface area contributed by atoms with Crippen molar-refractivity contribution < 1.29 is 14.7 Å². The highest BCUT2D eigenvalue weighted by Gasteiger charge is 2.54. The number of aromatic carboxylic acids is 1. The summed E-state index contributed by atoms with van der Waals surface area (Å²) in [5.74, 6) is -1.09. The molecule has 0 radical (unpaired) electrons. The predicted octanol–water partition coefficient (Wildman–Crippen LogP) is 4.50. The third-order valence-corrected chi connectivity index (χ3v) is 5.96. The fraction of sp³-hybridized carbons (Fsp3) is 0.364. The van der Waals surface area contributed by atoms with Crippen LogP contribution in [-0.2, 0) is 0 Å². The number of carbonyl (C=O) groups excluding carboxylic acids is 1. The van der Waals surface area contributed by atoms with E-state index >= 15 is 0 Å². The number of carboxylic acid groups (broad SMARTS) is 1. The molecule has 2 aromatic rings. The molecule has 26 heavy (non-hydrogen) atoms. The van der Waals surface area contributed by atoms with Crippen LogP contribution in [0.5, 0.6) is 0 Å². The van der Waals surface area contributed by atoms with Crippen molar-refractivity contribution in [2.45, 2.75) is 44.6 Å². The van der Waals surface area contributed by atoms with Crippen molar-refractivity contribution in [2.75, 3.05) is 0 Å². The number of carboxylic acids is 1. The minimum absolute atomic E-state index is 0.103. The Hall–Kier alpha value is -2.62. The van der Waals surface area contributed by atoms with Gasteiger partial charge in [-0.3, -0.25) is 4.79 Å². The summed E-state index contributed by atoms with van der Waals surface area (Å²) >= 11 is 0. The SMILES string of the molecule is O=C(O)c1ccccc1-c1ccccc1C(=O)NC1CC12CCCCC2. The quantitative estimate of drug-likeness (QED) is 0.854.